The van der Waals surface area contributed by atoms with Crippen molar-refractivity contribution in [1.29, 1.82) is 0 Å². The molecule has 1 aliphatic rings. The molecule has 2 rings (SSSR count). The monoisotopic (exact) mass is 294 g/mol. The summed E-state index contributed by atoms with van der Waals surface area (Å²) in [7, 11) is 4.35. The van der Waals surface area contributed by atoms with Gasteiger partial charge in [-0.1, -0.05) is 0 Å². The van der Waals surface area contributed by atoms with Crippen molar-refractivity contribution in [2.24, 2.45) is 5.73 Å². The molecule has 7 nitrogen and oxygen atoms in total. The largest absolute Gasteiger partial charge is 0.497 e. The highest BCUT2D eigenvalue weighted by molar-refractivity contribution is 5.99. The van der Waals surface area contributed by atoms with Gasteiger partial charge in [0.1, 0.15) is 17.5 Å². The normalized spacial score (nSPS) is 20.8. The zero-order valence-electron chi connectivity index (χ0n) is 12.2. The van der Waals surface area contributed by atoms with Crippen LogP contribution in [0.2, 0.25) is 0 Å². The summed E-state index contributed by atoms with van der Waals surface area (Å²) in [6.45, 7) is 0.222. The van der Waals surface area contributed by atoms with E-state index in [2.05, 4.69) is 4.74 Å². The molecule has 1 fully saturated rings. The van der Waals surface area contributed by atoms with Crippen LogP contribution < -0.4 is 15.2 Å². The van der Waals surface area contributed by atoms with Gasteiger partial charge in [0, 0.05) is 11.6 Å². The van der Waals surface area contributed by atoms with Crippen LogP contribution in [0.1, 0.15) is 5.56 Å². The zero-order chi connectivity index (χ0) is 15.6. The van der Waals surface area contributed by atoms with E-state index in [-0.39, 0.29) is 12.5 Å². The lowest BCUT2D eigenvalue weighted by atomic mass is 9.95. The Kier molecular flexibility index (Phi) is 4.32. The number of β-lactam (4-membered cyclic amide) rings is 1. The van der Waals surface area contributed by atoms with Gasteiger partial charge in [-0.15, -0.1) is 0 Å². The van der Waals surface area contributed by atoms with Crippen molar-refractivity contribution in [2.75, 3.05) is 21.3 Å². The number of nitrogens with zero attached hydrogens (tertiary/aromatic N) is 1. The Morgan fingerprint density at radius 2 is 2.00 bits per heavy atom. The van der Waals surface area contributed by atoms with Crippen LogP contribution in [0, 0.1) is 0 Å². The average Bonchev–Trinajstić information content (AvgIpc) is 2.53. The average molecular weight is 294 g/mol. The number of hydrogen-bond acceptors (Lipinski definition) is 6. The van der Waals surface area contributed by atoms with E-state index in [0.717, 1.165) is 5.56 Å². The molecule has 0 radical (unpaired) electrons. The topological polar surface area (TPSA) is 91.1 Å². The molecule has 1 aliphatic heterocycles. The Labute approximate surface area is 122 Å². The fraction of sp³-hybridized carbons (Fsp3) is 0.429. The Morgan fingerprint density at radius 1 is 1.29 bits per heavy atom. The molecule has 1 saturated heterocycles. The summed E-state index contributed by atoms with van der Waals surface area (Å²) in [5.41, 5.74) is 6.42. The molecule has 0 aromatic heterocycles. The highest BCUT2D eigenvalue weighted by atomic mass is 16.5. The minimum Gasteiger partial charge on any atom is -0.497 e. The molecule has 1 amide bonds. The highest BCUT2D eigenvalue weighted by Gasteiger charge is 2.50. The van der Waals surface area contributed by atoms with Gasteiger partial charge < -0.3 is 24.8 Å². The number of esters is 1. The van der Waals surface area contributed by atoms with E-state index in [1.807, 2.05) is 0 Å². The van der Waals surface area contributed by atoms with E-state index in [1.54, 1.807) is 25.3 Å². The number of likely N-dealkylation sites (tertiary alicyclic amines) is 1. The first-order chi connectivity index (χ1) is 10.0. The van der Waals surface area contributed by atoms with E-state index >= 15 is 0 Å². The quantitative estimate of drug-likeness (QED) is 0.603. The molecule has 0 bridgehead atoms. The predicted octanol–water partition coefficient (Wildman–Crippen LogP) is -0.0851. The van der Waals surface area contributed by atoms with E-state index in [4.69, 9.17) is 15.2 Å². The summed E-state index contributed by atoms with van der Waals surface area (Å²) < 4.78 is 15.1. The van der Waals surface area contributed by atoms with Crippen molar-refractivity contribution >= 4 is 11.9 Å². The lowest BCUT2D eigenvalue weighted by Gasteiger charge is -2.43. The molecular weight excluding hydrogens is 276 g/mol. The number of carbonyl (C=O) groups is 2. The first kappa shape index (κ1) is 15.1. The van der Waals surface area contributed by atoms with Gasteiger partial charge >= 0.3 is 5.97 Å². The van der Waals surface area contributed by atoms with Crippen LogP contribution in [0.15, 0.2) is 18.2 Å². The lowest BCUT2D eigenvalue weighted by Crippen LogP contribution is -2.71. The summed E-state index contributed by atoms with van der Waals surface area (Å²) in [6.07, 6.45) is 0. The summed E-state index contributed by atoms with van der Waals surface area (Å²) in [4.78, 5) is 24.9. The molecule has 2 N–H and O–H groups in total. The van der Waals surface area contributed by atoms with Gasteiger partial charge in [0.2, 0.25) is 5.91 Å². The first-order valence-electron chi connectivity index (χ1n) is 6.38. The van der Waals surface area contributed by atoms with Crippen LogP contribution in [0.3, 0.4) is 0 Å². The fourth-order valence-electron chi connectivity index (χ4n) is 2.31. The fourth-order valence-corrected chi connectivity index (χ4v) is 2.31. The van der Waals surface area contributed by atoms with Crippen LogP contribution in [-0.2, 0) is 20.9 Å². The van der Waals surface area contributed by atoms with Gasteiger partial charge in [0.05, 0.1) is 27.9 Å². The molecule has 2 atom stereocenters. The van der Waals surface area contributed by atoms with Crippen molar-refractivity contribution in [2.45, 2.75) is 18.6 Å². The summed E-state index contributed by atoms with van der Waals surface area (Å²) >= 11 is 0. The molecule has 0 aliphatic carbocycles. The molecule has 1 aromatic rings. The van der Waals surface area contributed by atoms with Crippen molar-refractivity contribution in [3.05, 3.63) is 23.8 Å². The maximum absolute atomic E-state index is 11.8. The smallest absolute Gasteiger partial charge is 0.330 e. The Balaban J connectivity index is 2.21. The SMILES string of the molecule is COC(=O)[C@H]1[C@@H](N)C(=O)N1Cc1ccc(OC)cc1OC. The number of hydrogen-bond donors (Lipinski definition) is 1. The zero-order valence-corrected chi connectivity index (χ0v) is 12.2. The Hall–Kier alpha value is -2.28. The van der Waals surface area contributed by atoms with E-state index < -0.39 is 18.1 Å². The Morgan fingerprint density at radius 3 is 2.57 bits per heavy atom. The van der Waals surface area contributed by atoms with Crippen LogP contribution in [0.4, 0.5) is 0 Å². The molecule has 7 heteroatoms. The first-order valence-corrected chi connectivity index (χ1v) is 6.38. The maximum atomic E-state index is 11.8. The van der Waals surface area contributed by atoms with Crippen LogP contribution in [-0.4, -0.2) is 50.2 Å². The molecular formula is C14H18N2O5. The second-order valence-corrected chi connectivity index (χ2v) is 4.64. The van der Waals surface area contributed by atoms with Gasteiger partial charge in [-0.2, -0.15) is 0 Å². The molecule has 1 aromatic carbocycles. The molecule has 114 valence electrons. The standard InChI is InChI=1S/C14H18N2O5/c1-19-9-5-4-8(10(6-9)20-2)7-16-12(14(18)21-3)11(15)13(16)17/h4-6,11-12H,7,15H2,1-3H3/t11-,12-/m1/s1. The highest BCUT2D eigenvalue weighted by Crippen LogP contribution is 2.29. The van der Waals surface area contributed by atoms with E-state index in [0.29, 0.717) is 11.5 Å². The summed E-state index contributed by atoms with van der Waals surface area (Å²) in [6, 6.07) is 3.65. The lowest BCUT2D eigenvalue weighted by molar-refractivity contribution is -0.167. The minimum atomic E-state index is -0.846. The summed E-state index contributed by atoms with van der Waals surface area (Å²) in [5, 5.41) is 0. The van der Waals surface area contributed by atoms with Gasteiger partial charge in [-0.05, 0) is 12.1 Å². The van der Waals surface area contributed by atoms with Crippen molar-refractivity contribution in [1.82, 2.24) is 4.90 Å². The van der Waals surface area contributed by atoms with Crippen molar-refractivity contribution in [3.8, 4) is 11.5 Å². The van der Waals surface area contributed by atoms with Gasteiger partial charge in [-0.25, -0.2) is 4.79 Å². The van der Waals surface area contributed by atoms with E-state index in [9.17, 15) is 9.59 Å². The molecule has 0 unspecified atom stereocenters. The number of nitrogens with two attached hydrogens (primary N) is 1. The van der Waals surface area contributed by atoms with Gasteiger partial charge in [0.15, 0.2) is 6.04 Å². The number of methoxy groups -OCH3 is 3. The van der Waals surface area contributed by atoms with Crippen molar-refractivity contribution < 1.29 is 23.8 Å². The second-order valence-electron chi connectivity index (χ2n) is 4.64. The van der Waals surface area contributed by atoms with E-state index in [1.165, 1.54) is 19.1 Å². The second kappa shape index (κ2) is 6.01. The number of carbonyl (C=O) groups excluding carboxylic acids is 2. The van der Waals surface area contributed by atoms with Crippen LogP contribution in [0.5, 0.6) is 11.5 Å². The predicted molar refractivity (Wildman–Crippen MR) is 73.9 cm³/mol. The van der Waals surface area contributed by atoms with Crippen LogP contribution >= 0.6 is 0 Å². The van der Waals surface area contributed by atoms with Crippen LogP contribution in [0.25, 0.3) is 0 Å². The number of benzene rings is 1. The van der Waals surface area contributed by atoms with Crippen molar-refractivity contribution in [3.63, 3.8) is 0 Å². The molecule has 21 heavy (non-hydrogen) atoms. The molecule has 1 heterocycles. The molecule has 0 spiro atoms. The summed E-state index contributed by atoms with van der Waals surface area (Å²) in [5.74, 6) is 0.413. The Bertz CT molecular complexity index is 560. The van der Waals surface area contributed by atoms with Gasteiger partial charge in [-0.3, -0.25) is 4.79 Å². The maximum Gasteiger partial charge on any atom is 0.330 e. The third-order valence-electron chi connectivity index (χ3n) is 3.52. The number of rotatable bonds is 5. The third-order valence-corrected chi connectivity index (χ3v) is 3.52. The van der Waals surface area contributed by atoms with Gasteiger partial charge in [0.25, 0.3) is 0 Å². The number of amides is 1. The molecule has 0 saturated carbocycles. The number of ether oxygens (including phenoxy) is 3. The minimum absolute atomic E-state index is 0.222. The third kappa shape index (κ3) is 2.64.